The number of piperidine rings is 1. The molecular weight excluding hydrogens is 238 g/mol. The third-order valence-electron chi connectivity index (χ3n) is 3.11. The number of benzene rings is 1. The van der Waals surface area contributed by atoms with Gasteiger partial charge in [-0.15, -0.1) is 11.6 Å². The molecular formula is C13H16ClNO2. The highest BCUT2D eigenvalue weighted by Gasteiger charge is 2.21. The van der Waals surface area contributed by atoms with E-state index in [9.17, 15) is 9.90 Å². The zero-order chi connectivity index (χ0) is 12.3. The lowest BCUT2D eigenvalue weighted by Crippen LogP contribution is -2.39. The van der Waals surface area contributed by atoms with Crippen LogP contribution in [-0.4, -0.2) is 34.4 Å². The summed E-state index contributed by atoms with van der Waals surface area (Å²) in [7, 11) is 0. The first kappa shape index (κ1) is 12.2. The van der Waals surface area contributed by atoms with Crippen LogP contribution in [0.3, 0.4) is 0 Å². The highest BCUT2D eigenvalue weighted by atomic mass is 35.5. The van der Waals surface area contributed by atoms with E-state index in [1.807, 2.05) is 11.0 Å². The van der Waals surface area contributed by atoms with Crippen LogP contribution in [0.2, 0.25) is 0 Å². The second-order valence-corrected chi connectivity index (χ2v) is 4.98. The molecule has 0 spiro atoms. The fourth-order valence-corrected chi connectivity index (χ4v) is 2.23. The van der Waals surface area contributed by atoms with Crippen molar-refractivity contribution in [3.8, 4) is 5.75 Å². The fourth-order valence-electron chi connectivity index (χ4n) is 2.03. The predicted molar refractivity (Wildman–Crippen MR) is 67.3 cm³/mol. The molecule has 1 N–H and O–H groups in total. The lowest BCUT2D eigenvalue weighted by Gasteiger charge is -2.29. The van der Waals surface area contributed by atoms with Crippen molar-refractivity contribution in [1.82, 2.24) is 4.90 Å². The van der Waals surface area contributed by atoms with Crippen LogP contribution in [0.25, 0.3) is 0 Å². The van der Waals surface area contributed by atoms with Gasteiger partial charge in [-0.3, -0.25) is 4.79 Å². The normalized spacial score (nSPS) is 17.1. The molecule has 92 valence electrons. The van der Waals surface area contributed by atoms with Gasteiger partial charge in [-0.25, -0.2) is 0 Å². The molecule has 0 radical (unpaired) electrons. The van der Waals surface area contributed by atoms with E-state index in [2.05, 4.69) is 0 Å². The molecule has 1 saturated heterocycles. The van der Waals surface area contributed by atoms with Crippen molar-refractivity contribution in [2.24, 2.45) is 0 Å². The topological polar surface area (TPSA) is 40.5 Å². The Morgan fingerprint density at radius 3 is 2.65 bits per heavy atom. The molecule has 1 fully saturated rings. The second kappa shape index (κ2) is 5.41. The Bertz CT molecular complexity index is 400. The van der Waals surface area contributed by atoms with E-state index < -0.39 is 0 Å². The standard InChI is InChI=1S/C13H16ClNO2/c14-11-5-7-15(8-6-11)13(17)9-10-3-1-2-4-12(10)16/h1-4,11,16H,5-9H2. The lowest BCUT2D eigenvalue weighted by molar-refractivity contribution is -0.131. The summed E-state index contributed by atoms with van der Waals surface area (Å²) in [5.41, 5.74) is 0.686. The van der Waals surface area contributed by atoms with Gasteiger partial charge in [0.15, 0.2) is 0 Å². The van der Waals surface area contributed by atoms with Gasteiger partial charge < -0.3 is 10.0 Å². The molecule has 1 aromatic rings. The van der Waals surface area contributed by atoms with E-state index >= 15 is 0 Å². The molecule has 0 bridgehead atoms. The minimum atomic E-state index is 0.0649. The van der Waals surface area contributed by atoms with Gasteiger partial charge in [-0.2, -0.15) is 0 Å². The first-order chi connectivity index (χ1) is 8.16. The number of hydrogen-bond donors (Lipinski definition) is 1. The van der Waals surface area contributed by atoms with Crippen molar-refractivity contribution in [2.75, 3.05) is 13.1 Å². The number of carbonyl (C=O) groups excluding carboxylic acids is 1. The molecule has 3 nitrogen and oxygen atoms in total. The summed E-state index contributed by atoms with van der Waals surface area (Å²) in [4.78, 5) is 13.8. The molecule has 1 heterocycles. The van der Waals surface area contributed by atoms with Crippen molar-refractivity contribution in [3.63, 3.8) is 0 Å². The Balaban J connectivity index is 1.95. The molecule has 0 aromatic heterocycles. The van der Waals surface area contributed by atoms with E-state index in [4.69, 9.17) is 11.6 Å². The van der Waals surface area contributed by atoms with Crippen LogP contribution in [0.4, 0.5) is 0 Å². The van der Waals surface area contributed by atoms with Crippen LogP contribution in [0.5, 0.6) is 5.75 Å². The van der Waals surface area contributed by atoms with Crippen molar-refractivity contribution < 1.29 is 9.90 Å². The van der Waals surface area contributed by atoms with E-state index in [0.29, 0.717) is 5.56 Å². The summed E-state index contributed by atoms with van der Waals surface area (Å²) in [5.74, 6) is 0.253. The third kappa shape index (κ3) is 3.13. The highest BCUT2D eigenvalue weighted by molar-refractivity contribution is 6.20. The van der Waals surface area contributed by atoms with Crippen LogP contribution in [-0.2, 0) is 11.2 Å². The molecule has 0 atom stereocenters. The molecule has 0 unspecified atom stereocenters. The van der Waals surface area contributed by atoms with E-state index in [1.54, 1.807) is 18.2 Å². The van der Waals surface area contributed by atoms with Gasteiger partial charge in [0.2, 0.25) is 5.91 Å². The zero-order valence-electron chi connectivity index (χ0n) is 9.60. The summed E-state index contributed by atoms with van der Waals surface area (Å²) in [5, 5.41) is 9.81. The summed E-state index contributed by atoms with van der Waals surface area (Å²) < 4.78 is 0. The number of rotatable bonds is 2. The Labute approximate surface area is 106 Å². The smallest absolute Gasteiger partial charge is 0.227 e. The van der Waals surface area contributed by atoms with Crippen molar-refractivity contribution in [1.29, 1.82) is 0 Å². The average molecular weight is 254 g/mol. The zero-order valence-corrected chi connectivity index (χ0v) is 10.4. The van der Waals surface area contributed by atoms with Crippen LogP contribution in [0.15, 0.2) is 24.3 Å². The molecule has 0 aliphatic carbocycles. The highest BCUT2D eigenvalue weighted by Crippen LogP contribution is 2.19. The number of phenols is 1. The summed E-state index contributed by atoms with van der Waals surface area (Å²) in [6.45, 7) is 1.45. The largest absolute Gasteiger partial charge is 0.508 e. The summed E-state index contributed by atoms with van der Waals surface area (Å²) >= 11 is 5.99. The number of nitrogens with zero attached hydrogens (tertiary/aromatic N) is 1. The molecule has 2 rings (SSSR count). The lowest BCUT2D eigenvalue weighted by atomic mass is 10.1. The maximum atomic E-state index is 12.0. The minimum absolute atomic E-state index is 0.0649. The maximum absolute atomic E-state index is 12.0. The van der Waals surface area contributed by atoms with Gasteiger partial charge in [0, 0.05) is 24.0 Å². The predicted octanol–water partition coefficient (Wildman–Crippen LogP) is 2.16. The molecule has 1 amide bonds. The van der Waals surface area contributed by atoms with Crippen molar-refractivity contribution in [3.05, 3.63) is 29.8 Å². The molecule has 1 aliphatic rings. The van der Waals surface area contributed by atoms with E-state index in [-0.39, 0.29) is 23.5 Å². The second-order valence-electron chi connectivity index (χ2n) is 4.36. The van der Waals surface area contributed by atoms with Crippen LogP contribution in [0.1, 0.15) is 18.4 Å². The van der Waals surface area contributed by atoms with Crippen LogP contribution < -0.4 is 0 Å². The van der Waals surface area contributed by atoms with Gasteiger partial charge >= 0.3 is 0 Å². The molecule has 4 heteroatoms. The Morgan fingerprint density at radius 2 is 2.00 bits per heavy atom. The fraction of sp³-hybridized carbons (Fsp3) is 0.462. The summed E-state index contributed by atoms with van der Waals surface area (Å²) in [6.07, 6.45) is 1.97. The number of amides is 1. The number of aromatic hydroxyl groups is 1. The number of alkyl halides is 1. The third-order valence-corrected chi connectivity index (χ3v) is 3.55. The summed E-state index contributed by atoms with van der Waals surface area (Å²) in [6, 6.07) is 6.96. The molecule has 1 aromatic carbocycles. The first-order valence-corrected chi connectivity index (χ1v) is 6.29. The van der Waals surface area contributed by atoms with E-state index in [0.717, 1.165) is 25.9 Å². The monoisotopic (exact) mass is 253 g/mol. The molecule has 1 aliphatic heterocycles. The number of phenolic OH excluding ortho intramolecular Hbond substituents is 1. The Hall–Kier alpha value is -1.22. The Morgan fingerprint density at radius 1 is 1.35 bits per heavy atom. The van der Waals surface area contributed by atoms with Gasteiger partial charge in [-0.1, -0.05) is 18.2 Å². The number of para-hydroxylation sites is 1. The van der Waals surface area contributed by atoms with Gasteiger partial charge in [0.1, 0.15) is 5.75 Å². The van der Waals surface area contributed by atoms with Crippen LogP contribution in [0, 0.1) is 0 Å². The number of hydrogen-bond acceptors (Lipinski definition) is 2. The van der Waals surface area contributed by atoms with Crippen LogP contribution >= 0.6 is 11.6 Å². The van der Waals surface area contributed by atoms with Gasteiger partial charge in [0.25, 0.3) is 0 Å². The average Bonchev–Trinajstić information content (AvgIpc) is 2.33. The minimum Gasteiger partial charge on any atom is -0.508 e. The maximum Gasteiger partial charge on any atom is 0.227 e. The quantitative estimate of drug-likeness (QED) is 0.821. The number of likely N-dealkylation sites (tertiary alicyclic amines) is 1. The van der Waals surface area contributed by atoms with Crippen molar-refractivity contribution in [2.45, 2.75) is 24.6 Å². The number of halogens is 1. The van der Waals surface area contributed by atoms with Gasteiger partial charge in [0.05, 0.1) is 6.42 Å². The van der Waals surface area contributed by atoms with E-state index in [1.165, 1.54) is 0 Å². The number of carbonyl (C=O) groups is 1. The first-order valence-electron chi connectivity index (χ1n) is 5.85. The van der Waals surface area contributed by atoms with Crippen molar-refractivity contribution >= 4 is 17.5 Å². The Kier molecular flexibility index (Phi) is 3.89. The molecule has 0 saturated carbocycles. The molecule has 17 heavy (non-hydrogen) atoms. The SMILES string of the molecule is O=C(Cc1ccccc1O)N1CCC(Cl)CC1. The van der Waals surface area contributed by atoms with Gasteiger partial charge in [-0.05, 0) is 18.9 Å².